The van der Waals surface area contributed by atoms with Gasteiger partial charge in [0.25, 0.3) is 0 Å². The summed E-state index contributed by atoms with van der Waals surface area (Å²) < 4.78 is 15.8. The van der Waals surface area contributed by atoms with E-state index in [2.05, 4.69) is 4.99 Å². The van der Waals surface area contributed by atoms with E-state index in [-0.39, 0.29) is 22.4 Å². The Morgan fingerprint density at radius 3 is 2.53 bits per heavy atom. The summed E-state index contributed by atoms with van der Waals surface area (Å²) in [5.41, 5.74) is 1.29. The third kappa shape index (κ3) is 6.85. The van der Waals surface area contributed by atoms with Crippen LogP contribution in [0.4, 0.5) is 0 Å². The highest BCUT2D eigenvalue weighted by Crippen LogP contribution is 2.36. The van der Waals surface area contributed by atoms with Crippen molar-refractivity contribution < 1.29 is 28.9 Å². The summed E-state index contributed by atoms with van der Waals surface area (Å²) in [5, 5.41) is 9.51. The number of hydrogen-bond donors (Lipinski definition) is 1. The Morgan fingerprint density at radius 1 is 1.16 bits per heavy atom. The number of hydrogen-bond acceptors (Lipinski definition) is 6. The van der Waals surface area contributed by atoms with Gasteiger partial charge in [-0.25, -0.2) is 9.59 Å². The van der Waals surface area contributed by atoms with Crippen LogP contribution in [-0.2, 0) is 9.59 Å². The molecule has 0 fully saturated rings. The van der Waals surface area contributed by atoms with Crippen LogP contribution in [0.3, 0.4) is 0 Å². The number of rotatable bonds is 10. The Labute approximate surface area is 192 Å². The number of carbonyl (C=O) groups excluding carboxylic acids is 1. The highest BCUT2D eigenvalue weighted by atomic mass is 35.5. The van der Waals surface area contributed by atoms with Crippen molar-refractivity contribution in [2.75, 3.05) is 14.2 Å². The molecule has 0 aliphatic heterocycles. The first-order valence-electron chi connectivity index (χ1n) is 9.96. The standard InChI is InChI=1S/C24H26ClNO6/c1-5-15(2)22(24(28)29)26-14-17-12-19(25)23(20(13-17)31-4)32-21(27)10-9-16-7-6-8-18(11-16)30-3/h6-15,22H,5H2,1-4H3,(H,28,29)/b10-9+,26-14?. The van der Waals surface area contributed by atoms with Crippen LogP contribution < -0.4 is 14.2 Å². The van der Waals surface area contributed by atoms with Crippen LogP contribution >= 0.6 is 11.6 Å². The van der Waals surface area contributed by atoms with Gasteiger partial charge in [-0.2, -0.15) is 0 Å². The van der Waals surface area contributed by atoms with Crippen molar-refractivity contribution in [1.29, 1.82) is 0 Å². The minimum absolute atomic E-state index is 0.0586. The molecule has 0 aromatic heterocycles. The van der Waals surface area contributed by atoms with Gasteiger partial charge in [0.15, 0.2) is 11.5 Å². The molecule has 0 bridgehead atoms. The summed E-state index contributed by atoms with van der Waals surface area (Å²) in [6.07, 6.45) is 4.96. The van der Waals surface area contributed by atoms with E-state index < -0.39 is 18.0 Å². The van der Waals surface area contributed by atoms with Crippen molar-refractivity contribution in [2.45, 2.75) is 26.3 Å². The Morgan fingerprint density at radius 2 is 1.91 bits per heavy atom. The molecule has 0 radical (unpaired) electrons. The summed E-state index contributed by atoms with van der Waals surface area (Å²) in [5.74, 6) is -0.821. The number of aliphatic imine (C=N–C) groups is 1. The Bertz CT molecular complexity index is 1020. The van der Waals surface area contributed by atoms with Crippen molar-refractivity contribution in [3.8, 4) is 17.2 Å². The minimum Gasteiger partial charge on any atom is -0.497 e. The van der Waals surface area contributed by atoms with Gasteiger partial charge in [0.1, 0.15) is 11.8 Å². The van der Waals surface area contributed by atoms with Crippen LogP contribution in [0.15, 0.2) is 47.5 Å². The van der Waals surface area contributed by atoms with E-state index in [9.17, 15) is 14.7 Å². The van der Waals surface area contributed by atoms with Crippen LogP contribution in [0.2, 0.25) is 5.02 Å². The van der Waals surface area contributed by atoms with Gasteiger partial charge in [-0.3, -0.25) is 4.99 Å². The van der Waals surface area contributed by atoms with Gasteiger partial charge in [-0.15, -0.1) is 0 Å². The lowest BCUT2D eigenvalue weighted by molar-refractivity contribution is -0.139. The molecule has 2 atom stereocenters. The van der Waals surface area contributed by atoms with Crippen LogP contribution in [0.25, 0.3) is 6.08 Å². The fraction of sp³-hybridized carbons (Fsp3) is 0.292. The number of nitrogens with zero attached hydrogens (tertiary/aromatic N) is 1. The van der Waals surface area contributed by atoms with Crippen molar-refractivity contribution in [2.24, 2.45) is 10.9 Å². The summed E-state index contributed by atoms with van der Waals surface area (Å²) in [6.45, 7) is 3.73. The predicted molar refractivity (Wildman–Crippen MR) is 124 cm³/mol. The Hall–Kier alpha value is -3.32. The topological polar surface area (TPSA) is 94.4 Å². The zero-order valence-corrected chi connectivity index (χ0v) is 19.1. The monoisotopic (exact) mass is 459 g/mol. The van der Waals surface area contributed by atoms with Crippen LogP contribution in [0.1, 0.15) is 31.4 Å². The summed E-state index contributed by atoms with van der Waals surface area (Å²) in [4.78, 5) is 27.9. The first-order chi connectivity index (χ1) is 15.3. The molecule has 0 spiro atoms. The van der Waals surface area contributed by atoms with Crippen molar-refractivity contribution >= 4 is 35.8 Å². The second-order valence-electron chi connectivity index (χ2n) is 7.01. The van der Waals surface area contributed by atoms with Gasteiger partial charge in [-0.05, 0) is 47.4 Å². The first-order valence-corrected chi connectivity index (χ1v) is 10.3. The fourth-order valence-electron chi connectivity index (χ4n) is 2.80. The fourth-order valence-corrected chi connectivity index (χ4v) is 3.06. The maximum absolute atomic E-state index is 12.3. The van der Waals surface area contributed by atoms with Crippen LogP contribution in [0.5, 0.6) is 17.2 Å². The zero-order valence-electron chi connectivity index (χ0n) is 18.4. The van der Waals surface area contributed by atoms with E-state index in [1.54, 1.807) is 37.5 Å². The number of carboxylic acid groups (broad SMARTS) is 1. The molecule has 8 heteroatoms. The molecule has 7 nitrogen and oxygen atoms in total. The van der Waals surface area contributed by atoms with E-state index in [0.717, 1.165) is 5.56 Å². The number of methoxy groups -OCH3 is 2. The number of benzene rings is 2. The number of aliphatic carboxylic acids is 1. The lowest BCUT2D eigenvalue weighted by Gasteiger charge is -2.14. The molecule has 0 aliphatic rings. The van der Waals surface area contributed by atoms with E-state index in [0.29, 0.717) is 17.7 Å². The normalized spacial score (nSPS) is 13.2. The van der Waals surface area contributed by atoms with Gasteiger partial charge in [0.2, 0.25) is 0 Å². The third-order valence-electron chi connectivity index (χ3n) is 4.78. The zero-order chi connectivity index (χ0) is 23.7. The van der Waals surface area contributed by atoms with Gasteiger partial charge >= 0.3 is 11.9 Å². The molecule has 0 amide bonds. The molecule has 0 aliphatic carbocycles. The molecule has 2 aromatic rings. The van der Waals surface area contributed by atoms with E-state index in [1.807, 2.05) is 19.9 Å². The summed E-state index contributed by atoms with van der Waals surface area (Å²) in [6, 6.07) is 9.42. The third-order valence-corrected chi connectivity index (χ3v) is 5.06. The van der Waals surface area contributed by atoms with Crippen molar-refractivity contribution in [1.82, 2.24) is 0 Å². The lowest BCUT2D eigenvalue weighted by atomic mass is 10.00. The lowest BCUT2D eigenvalue weighted by Crippen LogP contribution is -2.25. The minimum atomic E-state index is -0.998. The number of halogens is 1. The molecule has 170 valence electrons. The average Bonchev–Trinajstić information content (AvgIpc) is 2.78. The maximum atomic E-state index is 12.3. The second-order valence-corrected chi connectivity index (χ2v) is 7.42. The number of esters is 1. The van der Waals surface area contributed by atoms with Crippen LogP contribution in [-0.4, -0.2) is 43.5 Å². The van der Waals surface area contributed by atoms with Crippen molar-refractivity contribution in [3.63, 3.8) is 0 Å². The second kappa shape index (κ2) is 11.9. The van der Waals surface area contributed by atoms with E-state index in [1.165, 1.54) is 25.5 Å². The molecule has 0 heterocycles. The molecule has 32 heavy (non-hydrogen) atoms. The first kappa shape index (κ1) is 24.9. The Balaban J connectivity index is 2.20. The molecule has 1 N–H and O–H groups in total. The summed E-state index contributed by atoms with van der Waals surface area (Å²) in [7, 11) is 2.97. The Kier molecular flexibility index (Phi) is 9.28. The van der Waals surface area contributed by atoms with E-state index >= 15 is 0 Å². The van der Waals surface area contributed by atoms with Gasteiger partial charge in [-0.1, -0.05) is 44.0 Å². The molecule has 0 saturated carbocycles. The predicted octanol–water partition coefficient (Wildman–Crippen LogP) is 4.89. The molecule has 2 aromatic carbocycles. The van der Waals surface area contributed by atoms with E-state index in [4.69, 9.17) is 25.8 Å². The molecule has 0 saturated heterocycles. The molecule has 2 rings (SSSR count). The molecular formula is C24H26ClNO6. The maximum Gasteiger partial charge on any atom is 0.336 e. The van der Waals surface area contributed by atoms with Gasteiger partial charge < -0.3 is 19.3 Å². The average molecular weight is 460 g/mol. The highest BCUT2D eigenvalue weighted by Gasteiger charge is 2.22. The quantitative estimate of drug-likeness (QED) is 0.235. The summed E-state index contributed by atoms with van der Waals surface area (Å²) >= 11 is 6.31. The smallest absolute Gasteiger partial charge is 0.336 e. The van der Waals surface area contributed by atoms with Crippen molar-refractivity contribution in [3.05, 3.63) is 58.6 Å². The highest BCUT2D eigenvalue weighted by molar-refractivity contribution is 6.32. The van der Waals surface area contributed by atoms with Gasteiger partial charge in [0.05, 0.1) is 19.2 Å². The number of carbonyl (C=O) groups is 2. The SMILES string of the molecule is CCC(C)C(N=Cc1cc(Cl)c(OC(=O)/C=C/c2cccc(OC)c2)c(OC)c1)C(=O)O. The largest absolute Gasteiger partial charge is 0.497 e. The number of carboxylic acids is 1. The number of ether oxygens (including phenoxy) is 3. The molecule has 2 unspecified atom stereocenters. The van der Waals surface area contributed by atoms with Crippen LogP contribution in [0, 0.1) is 5.92 Å². The van der Waals surface area contributed by atoms with Gasteiger partial charge in [0, 0.05) is 12.3 Å². The molecular weight excluding hydrogens is 434 g/mol.